The second kappa shape index (κ2) is 6.83. The van der Waals surface area contributed by atoms with E-state index in [-0.39, 0.29) is 10.9 Å². The van der Waals surface area contributed by atoms with Crippen molar-refractivity contribution in [2.45, 2.75) is 30.7 Å². The molecule has 1 N–H and O–H groups in total. The zero-order valence-electron chi connectivity index (χ0n) is 13.8. The molecular formula is C18H21NO4S. The maximum atomic E-state index is 12.5. The molecule has 0 spiro atoms. The van der Waals surface area contributed by atoms with Crippen LogP contribution >= 0.6 is 0 Å². The van der Waals surface area contributed by atoms with Crippen molar-refractivity contribution < 1.29 is 17.9 Å². The van der Waals surface area contributed by atoms with Crippen LogP contribution in [0.25, 0.3) is 0 Å². The highest BCUT2D eigenvalue weighted by Gasteiger charge is 2.25. The van der Waals surface area contributed by atoms with Gasteiger partial charge >= 0.3 is 0 Å². The average Bonchev–Trinajstić information content (AvgIpc) is 2.60. The Kier molecular flexibility index (Phi) is 4.78. The van der Waals surface area contributed by atoms with Gasteiger partial charge in [0.15, 0.2) is 0 Å². The van der Waals surface area contributed by atoms with Crippen LogP contribution in [0.3, 0.4) is 0 Å². The molecule has 0 saturated heterocycles. The highest BCUT2D eigenvalue weighted by Crippen LogP contribution is 2.29. The summed E-state index contributed by atoms with van der Waals surface area (Å²) in [6.45, 7) is 2.35. The van der Waals surface area contributed by atoms with E-state index in [1.54, 1.807) is 19.2 Å². The summed E-state index contributed by atoms with van der Waals surface area (Å²) in [4.78, 5) is 0.274. The number of nitrogens with one attached hydrogen (secondary N) is 1. The molecule has 0 radical (unpaired) electrons. The predicted molar refractivity (Wildman–Crippen MR) is 92.1 cm³/mol. The summed E-state index contributed by atoms with van der Waals surface area (Å²) < 4.78 is 38.7. The molecule has 0 bridgehead atoms. The number of rotatable bonds is 5. The molecule has 2 aromatic rings. The lowest BCUT2D eigenvalue weighted by Gasteiger charge is -2.26. The molecule has 24 heavy (non-hydrogen) atoms. The third-order valence-corrected chi connectivity index (χ3v) is 5.67. The van der Waals surface area contributed by atoms with E-state index in [9.17, 15) is 8.42 Å². The molecule has 6 heteroatoms. The summed E-state index contributed by atoms with van der Waals surface area (Å²) in [6.07, 6.45) is 1.45. The number of benzene rings is 2. The minimum absolute atomic E-state index is 0.274. The maximum Gasteiger partial charge on any atom is 0.240 e. The van der Waals surface area contributed by atoms with E-state index >= 15 is 0 Å². The van der Waals surface area contributed by atoms with Crippen molar-refractivity contribution in [1.82, 2.24) is 4.72 Å². The van der Waals surface area contributed by atoms with Gasteiger partial charge in [0.1, 0.15) is 18.1 Å². The largest absolute Gasteiger partial charge is 0.497 e. The molecule has 0 amide bonds. The van der Waals surface area contributed by atoms with Crippen LogP contribution in [-0.4, -0.2) is 28.2 Å². The minimum Gasteiger partial charge on any atom is -0.497 e. The molecule has 5 nitrogen and oxygen atoms in total. The Morgan fingerprint density at radius 1 is 1.21 bits per heavy atom. The van der Waals surface area contributed by atoms with E-state index in [0.717, 1.165) is 29.0 Å². The van der Waals surface area contributed by atoms with Crippen LogP contribution in [0, 0.1) is 0 Å². The third kappa shape index (κ3) is 3.55. The summed E-state index contributed by atoms with van der Waals surface area (Å²) in [6, 6.07) is 12.2. The first-order valence-electron chi connectivity index (χ1n) is 7.93. The number of hydrogen-bond donors (Lipinski definition) is 1. The SMILES string of the molecule is CCc1ccc(S(=O)(=O)N[C@H]2COc3ccc(OC)cc3C2)cc1. The van der Waals surface area contributed by atoms with E-state index in [1.807, 2.05) is 37.3 Å². The molecule has 3 rings (SSSR count). The van der Waals surface area contributed by atoms with E-state index in [1.165, 1.54) is 0 Å². The normalized spacial score (nSPS) is 17.0. The highest BCUT2D eigenvalue weighted by molar-refractivity contribution is 7.89. The van der Waals surface area contributed by atoms with Crippen molar-refractivity contribution in [1.29, 1.82) is 0 Å². The molecule has 1 aliphatic heterocycles. The van der Waals surface area contributed by atoms with E-state index in [4.69, 9.17) is 9.47 Å². The second-order valence-corrected chi connectivity index (χ2v) is 7.52. The zero-order chi connectivity index (χ0) is 17.2. The van der Waals surface area contributed by atoms with Gasteiger partial charge in [-0.25, -0.2) is 13.1 Å². The van der Waals surface area contributed by atoms with E-state index in [2.05, 4.69) is 4.72 Å². The number of ether oxygens (including phenoxy) is 2. The van der Waals surface area contributed by atoms with E-state index < -0.39 is 10.0 Å². The summed E-state index contributed by atoms with van der Waals surface area (Å²) in [5.74, 6) is 1.51. The fraction of sp³-hybridized carbons (Fsp3) is 0.333. The summed E-state index contributed by atoms with van der Waals surface area (Å²) >= 11 is 0. The van der Waals surface area contributed by atoms with Gasteiger partial charge in [-0.15, -0.1) is 0 Å². The van der Waals surface area contributed by atoms with Gasteiger partial charge in [-0.3, -0.25) is 0 Å². The smallest absolute Gasteiger partial charge is 0.240 e. The molecule has 1 aliphatic rings. The molecular weight excluding hydrogens is 326 g/mol. The first kappa shape index (κ1) is 16.8. The van der Waals surface area contributed by atoms with Crippen LogP contribution in [0.1, 0.15) is 18.1 Å². The Morgan fingerprint density at radius 3 is 2.62 bits per heavy atom. The van der Waals surface area contributed by atoms with Crippen molar-refractivity contribution in [3.8, 4) is 11.5 Å². The number of aryl methyl sites for hydroxylation is 1. The highest BCUT2D eigenvalue weighted by atomic mass is 32.2. The van der Waals surface area contributed by atoms with Gasteiger partial charge in [0.05, 0.1) is 18.0 Å². The molecule has 0 fully saturated rings. The molecule has 0 aromatic heterocycles. The predicted octanol–water partition coefficient (Wildman–Crippen LogP) is 2.54. The Labute approximate surface area is 142 Å². The molecule has 2 aromatic carbocycles. The van der Waals surface area contributed by atoms with Gasteiger partial charge in [-0.05, 0) is 54.3 Å². The molecule has 0 unspecified atom stereocenters. The van der Waals surface area contributed by atoms with Gasteiger partial charge < -0.3 is 9.47 Å². The number of fused-ring (bicyclic) bond motifs is 1. The summed E-state index contributed by atoms with van der Waals surface area (Å²) in [5, 5.41) is 0. The Hall–Kier alpha value is -2.05. The Balaban J connectivity index is 1.75. The first-order chi connectivity index (χ1) is 11.5. The number of sulfonamides is 1. The number of methoxy groups -OCH3 is 1. The van der Waals surface area contributed by atoms with Crippen LogP contribution in [0.15, 0.2) is 47.4 Å². The van der Waals surface area contributed by atoms with Crippen molar-refractivity contribution in [2.24, 2.45) is 0 Å². The standard InChI is InChI=1S/C18H21NO4S/c1-3-13-4-7-17(8-5-13)24(20,21)19-15-10-14-11-16(22-2)6-9-18(14)23-12-15/h4-9,11,15,19H,3,10,12H2,1-2H3/t15-/m1/s1. The summed E-state index contributed by atoms with van der Waals surface area (Å²) in [7, 11) is -1.96. The third-order valence-electron chi connectivity index (χ3n) is 4.14. The Morgan fingerprint density at radius 2 is 1.96 bits per heavy atom. The van der Waals surface area contributed by atoms with Gasteiger partial charge in [0.25, 0.3) is 0 Å². The molecule has 1 heterocycles. The van der Waals surface area contributed by atoms with Crippen molar-refractivity contribution in [3.63, 3.8) is 0 Å². The fourth-order valence-electron chi connectivity index (χ4n) is 2.77. The topological polar surface area (TPSA) is 64.6 Å². The van der Waals surface area contributed by atoms with Crippen molar-refractivity contribution in [2.75, 3.05) is 13.7 Å². The lowest BCUT2D eigenvalue weighted by atomic mass is 10.0. The van der Waals surface area contributed by atoms with Crippen LogP contribution in [0.4, 0.5) is 0 Å². The quantitative estimate of drug-likeness (QED) is 0.903. The molecule has 0 aliphatic carbocycles. The van der Waals surface area contributed by atoms with Crippen LogP contribution in [0.2, 0.25) is 0 Å². The Bertz CT molecular complexity index is 815. The lowest BCUT2D eigenvalue weighted by Crippen LogP contribution is -2.42. The van der Waals surface area contributed by atoms with E-state index in [0.29, 0.717) is 13.0 Å². The van der Waals surface area contributed by atoms with Crippen LogP contribution in [0.5, 0.6) is 11.5 Å². The molecule has 0 saturated carbocycles. The van der Waals surface area contributed by atoms with Crippen molar-refractivity contribution >= 4 is 10.0 Å². The first-order valence-corrected chi connectivity index (χ1v) is 9.41. The van der Waals surface area contributed by atoms with Gasteiger partial charge in [-0.1, -0.05) is 19.1 Å². The fourth-order valence-corrected chi connectivity index (χ4v) is 3.99. The van der Waals surface area contributed by atoms with Crippen LogP contribution in [-0.2, 0) is 22.9 Å². The second-order valence-electron chi connectivity index (χ2n) is 5.80. The lowest BCUT2D eigenvalue weighted by molar-refractivity contribution is 0.253. The maximum absolute atomic E-state index is 12.5. The van der Waals surface area contributed by atoms with Crippen LogP contribution < -0.4 is 14.2 Å². The van der Waals surface area contributed by atoms with Gasteiger partial charge in [0, 0.05) is 0 Å². The molecule has 128 valence electrons. The van der Waals surface area contributed by atoms with Crippen molar-refractivity contribution in [3.05, 3.63) is 53.6 Å². The van der Waals surface area contributed by atoms with Gasteiger partial charge in [0.2, 0.25) is 10.0 Å². The number of hydrogen-bond acceptors (Lipinski definition) is 4. The zero-order valence-corrected chi connectivity index (χ0v) is 14.6. The monoisotopic (exact) mass is 347 g/mol. The van der Waals surface area contributed by atoms with Gasteiger partial charge in [-0.2, -0.15) is 0 Å². The average molecular weight is 347 g/mol. The molecule has 1 atom stereocenters. The minimum atomic E-state index is -3.56. The summed E-state index contributed by atoms with van der Waals surface area (Å²) in [5.41, 5.74) is 2.05.